The van der Waals surface area contributed by atoms with Crippen LogP contribution in [0.3, 0.4) is 0 Å². The highest BCUT2D eigenvalue weighted by molar-refractivity contribution is 7.90. The van der Waals surface area contributed by atoms with Crippen molar-refractivity contribution in [2.24, 2.45) is 0 Å². The van der Waals surface area contributed by atoms with Gasteiger partial charge in [0.05, 0.1) is 36.1 Å². The van der Waals surface area contributed by atoms with Crippen molar-refractivity contribution in [1.82, 2.24) is 15.1 Å². The van der Waals surface area contributed by atoms with Crippen molar-refractivity contribution < 1.29 is 27.5 Å². The highest BCUT2D eigenvalue weighted by Crippen LogP contribution is 2.33. The monoisotopic (exact) mass is 434 g/mol. The lowest BCUT2D eigenvalue weighted by molar-refractivity contribution is -0.136. The first kappa shape index (κ1) is 20.4. The van der Waals surface area contributed by atoms with Gasteiger partial charge in [-0.3, -0.25) is 9.59 Å². The first-order valence-electron chi connectivity index (χ1n) is 9.53. The minimum Gasteiger partial charge on any atom is -0.497 e. The number of fused-ring (bicyclic) bond motifs is 1. The van der Waals surface area contributed by atoms with Crippen molar-refractivity contribution >= 4 is 27.5 Å². The molecule has 0 saturated carbocycles. The largest absolute Gasteiger partial charge is 0.497 e. The molecule has 0 spiro atoms. The summed E-state index contributed by atoms with van der Waals surface area (Å²) < 4.78 is 36.1. The lowest BCUT2D eigenvalue weighted by atomic mass is 10.2. The number of nitrogens with zero attached hydrogens (tertiary/aromatic N) is 2. The van der Waals surface area contributed by atoms with Crippen LogP contribution in [0, 0.1) is 0 Å². The lowest BCUT2D eigenvalue weighted by Gasteiger charge is -2.13. The summed E-state index contributed by atoms with van der Waals surface area (Å²) in [5.74, 6) is -1.35. The molecule has 1 saturated heterocycles. The van der Waals surface area contributed by atoms with Crippen LogP contribution in [-0.4, -0.2) is 56.4 Å². The predicted octanol–water partition coefficient (Wildman–Crippen LogP) is 0.543. The summed E-state index contributed by atoms with van der Waals surface area (Å²) >= 11 is 0. The van der Waals surface area contributed by atoms with Gasteiger partial charge in [-0.1, -0.05) is 0 Å². The highest BCUT2D eigenvalue weighted by atomic mass is 32.2. The number of hydrogen-bond acceptors (Lipinski definition) is 7. The minimum atomic E-state index is -3.34. The molecule has 1 atom stereocenters. The Bertz CT molecular complexity index is 1070. The van der Waals surface area contributed by atoms with Gasteiger partial charge >= 0.3 is 11.8 Å². The Morgan fingerprint density at radius 1 is 1.23 bits per heavy atom. The van der Waals surface area contributed by atoms with Gasteiger partial charge in [-0.15, -0.1) is 0 Å². The second-order valence-corrected chi connectivity index (χ2v) is 9.28. The molecule has 1 unspecified atom stereocenters. The van der Waals surface area contributed by atoms with Gasteiger partial charge in [0.25, 0.3) is 0 Å². The fourth-order valence-corrected chi connectivity index (χ4v) is 5.03. The molecule has 0 bridgehead atoms. The molecule has 30 heavy (non-hydrogen) atoms. The van der Waals surface area contributed by atoms with Crippen molar-refractivity contribution in [2.75, 3.05) is 25.6 Å². The van der Waals surface area contributed by atoms with Gasteiger partial charge in [0.2, 0.25) is 0 Å². The number of ether oxygens (including phenoxy) is 2. The third kappa shape index (κ3) is 4.17. The third-order valence-electron chi connectivity index (χ3n) is 5.06. The Balaban J connectivity index is 1.57. The van der Waals surface area contributed by atoms with Crippen LogP contribution in [0.5, 0.6) is 5.75 Å². The number of carbonyl (C=O) groups excluding carboxylic acids is 2. The fraction of sp³-hybridized carbons (Fsp3) is 0.421. The summed E-state index contributed by atoms with van der Waals surface area (Å²) in [6.45, 7) is 0.894. The molecule has 1 fully saturated rings. The van der Waals surface area contributed by atoms with Crippen LogP contribution in [0.4, 0.5) is 5.82 Å². The van der Waals surface area contributed by atoms with Crippen molar-refractivity contribution in [2.45, 2.75) is 30.5 Å². The van der Waals surface area contributed by atoms with Gasteiger partial charge < -0.3 is 20.1 Å². The predicted molar refractivity (Wildman–Crippen MR) is 107 cm³/mol. The Morgan fingerprint density at radius 2 is 2.00 bits per heavy atom. The van der Waals surface area contributed by atoms with Crippen LogP contribution < -0.4 is 15.4 Å². The molecule has 2 aromatic rings. The van der Waals surface area contributed by atoms with Crippen molar-refractivity contribution in [3.63, 3.8) is 0 Å². The third-order valence-corrected chi connectivity index (χ3v) is 6.50. The van der Waals surface area contributed by atoms with Crippen molar-refractivity contribution in [3.05, 3.63) is 35.5 Å². The van der Waals surface area contributed by atoms with Gasteiger partial charge in [-0.25, -0.2) is 13.1 Å². The molecule has 1 aromatic heterocycles. The topological polar surface area (TPSA) is 129 Å². The smallest absolute Gasteiger partial charge is 0.314 e. The van der Waals surface area contributed by atoms with E-state index in [9.17, 15) is 18.0 Å². The lowest BCUT2D eigenvalue weighted by Crippen LogP contribution is -2.39. The number of benzene rings is 1. The minimum absolute atomic E-state index is 0.0963. The molecular formula is C19H22N4O6S. The Kier molecular flexibility index (Phi) is 5.48. The van der Waals surface area contributed by atoms with E-state index in [1.807, 2.05) is 0 Å². The molecule has 3 heterocycles. The second-order valence-electron chi connectivity index (χ2n) is 7.22. The highest BCUT2D eigenvalue weighted by Gasteiger charge is 2.34. The number of carbonyl (C=O) groups is 2. The zero-order valence-corrected chi connectivity index (χ0v) is 17.2. The number of rotatable bonds is 5. The molecule has 10 nitrogen and oxygen atoms in total. The zero-order chi connectivity index (χ0) is 21.3. The molecule has 1 aromatic carbocycles. The number of sulfone groups is 1. The quantitative estimate of drug-likeness (QED) is 0.657. The Hall–Kier alpha value is -2.92. The fourth-order valence-electron chi connectivity index (χ4n) is 3.54. The summed E-state index contributed by atoms with van der Waals surface area (Å²) in [5, 5.41) is 9.46. The maximum Gasteiger partial charge on any atom is 0.314 e. The number of hydrogen-bond donors (Lipinski definition) is 2. The average molecular weight is 434 g/mol. The van der Waals surface area contributed by atoms with E-state index in [0.717, 1.165) is 12.8 Å². The summed E-state index contributed by atoms with van der Waals surface area (Å²) in [6.07, 6.45) is 1.66. The maximum absolute atomic E-state index is 12.5. The van der Waals surface area contributed by atoms with Gasteiger partial charge in [0.1, 0.15) is 11.6 Å². The number of methoxy groups -OCH3 is 1. The van der Waals surface area contributed by atoms with E-state index >= 15 is 0 Å². The normalized spacial score (nSPS) is 19.3. The van der Waals surface area contributed by atoms with E-state index in [-0.39, 0.29) is 30.0 Å². The molecular weight excluding hydrogens is 412 g/mol. The van der Waals surface area contributed by atoms with E-state index in [4.69, 9.17) is 9.47 Å². The van der Waals surface area contributed by atoms with Crippen LogP contribution in [0.25, 0.3) is 5.69 Å². The van der Waals surface area contributed by atoms with Crippen LogP contribution in [0.2, 0.25) is 0 Å². The molecule has 0 aliphatic carbocycles. The van der Waals surface area contributed by atoms with E-state index in [1.54, 1.807) is 31.4 Å². The first-order chi connectivity index (χ1) is 14.4. The van der Waals surface area contributed by atoms with Crippen LogP contribution in [0.1, 0.15) is 24.1 Å². The number of anilines is 1. The van der Waals surface area contributed by atoms with Gasteiger partial charge in [-0.2, -0.15) is 5.10 Å². The molecule has 2 aliphatic heterocycles. The van der Waals surface area contributed by atoms with E-state index in [1.165, 1.54) is 4.68 Å². The van der Waals surface area contributed by atoms with Crippen LogP contribution in [0.15, 0.2) is 24.3 Å². The van der Waals surface area contributed by atoms with Crippen LogP contribution >= 0.6 is 0 Å². The van der Waals surface area contributed by atoms with E-state index in [2.05, 4.69) is 15.7 Å². The van der Waals surface area contributed by atoms with E-state index in [0.29, 0.717) is 29.3 Å². The Morgan fingerprint density at radius 3 is 2.67 bits per heavy atom. The van der Waals surface area contributed by atoms with Gasteiger partial charge in [0.15, 0.2) is 9.84 Å². The zero-order valence-electron chi connectivity index (χ0n) is 16.4. The number of amides is 2. The SMILES string of the molecule is COc1ccc(-n2nc3c(c2NC(=O)C(=O)NCC2CCCO2)CS(=O)(=O)C3)cc1. The van der Waals surface area contributed by atoms with Crippen molar-refractivity contribution in [3.8, 4) is 11.4 Å². The summed E-state index contributed by atoms with van der Waals surface area (Å²) in [6, 6.07) is 6.89. The average Bonchev–Trinajstić information content (AvgIpc) is 3.42. The Labute approximate surface area is 173 Å². The number of nitrogens with one attached hydrogen (secondary N) is 2. The summed E-state index contributed by atoms with van der Waals surface area (Å²) in [7, 11) is -1.79. The molecule has 11 heteroatoms. The van der Waals surface area contributed by atoms with Crippen molar-refractivity contribution in [1.29, 1.82) is 0 Å². The summed E-state index contributed by atoms with van der Waals surface area (Å²) in [4.78, 5) is 24.7. The molecule has 160 valence electrons. The summed E-state index contributed by atoms with van der Waals surface area (Å²) in [5.41, 5.74) is 1.35. The molecule has 0 radical (unpaired) electrons. The number of aromatic nitrogens is 2. The standard InChI is InChI=1S/C19H22N4O6S/c1-28-13-6-4-12(5-7-13)23-17(15-10-30(26,27)11-16(15)22-23)21-19(25)18(24)20-9-14-3-2-8-29-14/h4-7,14H,2-3,8-11H2,1H3,(H,20,24)(H,21,25). The van der Waals surface area contributed by atoms with E-state index < -0.39 is 21.7 Å². The second kappa shape index (κ2) is 8.07. The molecule has 2 N–H and O–H groups in total. The first-order valence-corrected chi connectivity index (χ1v) is 11.3. The molecule has 2 amide bonds. The van der Waals surface area contributed by atoms with Crippen LogP contribution in [-0.2, 0) is 35.7 Å². The van der Waals surface area contributed by atoms with Gasteiger partial charge in [0, 0.05) is 18.7 Å². The molecule has 4 rings (SSSR count). The maximum atomic E-state index is 12.5. The van der Waals surface area contributed by atoms with Gasteiger partial charge in [-0.05, 0) is 37.1 Å². The molecule has 2 aliphatic rings.